The van der Waals surface area contributed by atoms with Crippen LogP contribution in [-0.2, 0) is 4.79 Å². The van der Waals surface area contributed by atoms with Gasteiger partial charge in [0.2, 0.25) is 5.91 Å². The van der Waals surface area contributed by atoms with Crippen LogP contribution >= 0.6 is 0 Å². The molecule has 1 amide bonds. The second kappa shape index (κ2) is 4.64. The summed E-state index contributed by atoms with van der Waals surface area (Å²) in [6.45, 7) is 0. The maximum atomic E-state index is 10.6. The first-order chi connectivity index (χ1) is 7.43. The Morgan fingerprint density at radius 1 is 1.56 bits per heavy atom. The van der Waals surface area contributed by atoms with Crippen LogP contribution in [0.4, 0.5) is 5.69 Å². The van der Waals surface area contributed by atoms with Crippen molar-refractivity contribution in [1.29, 1.82) is 0 Å². The molecular formula is C8H9N3O5. The number of carbonyl (C=O) groups is 1. The largest absolute Gasteiger partial charge is 0.383 e. The van der Waals surface area contributed by atoms with Gasteiger partial charge in [-0.15, -0.1) is 0 Å². The fraction of sp³-hybridized carbons (Fsp3) is 0.250. The summed E-state index contributed by atoms with van der Waals surface area (Å²) >= 11 is 0. The van der Waals surface area contributed by atoms with Crippen molar-refractivity contribution < 1.29 is 19.9 Å². The number of aromatic nitrogens is 1. The van der Waals surface area contributed by atoms with E-state index in [1.165, 1.54) is 0 Å². The SMILES string of the molecule is NC(=O)C(O)C(O)c1cc([N+](=O)[O-])ccn1. The minimum Gasteiger partial charge on any atom is -0.383 e. The lowest BCUT2D eigenvalue weighted by atomic mass is 10.1. The van der Waals surface area contributed by atoms with E-state index in [4.69, 9.17) is 10.8 Å². The third-order valence-electron chi connectivity index (χ3n) is 1.87. The highest BCUT2D eigenvalue weighted by Crippen LogP contribution is 2.19. The minimum absolute atomic E-state index is 0.194. The molecule has 1 aromatic heterocycles. The summed E-state index contributed by atoms with van der Waals surface area (Å²) in [6.07, 6.45) is -2.45. The summed E-state index contributed by atoms with van der Waals surface area (Å²) in [4.78, 5) is 23.9. The maximum Gasteiger partial charge on any atom is 0.272 e. The second-order valence-electron chi connectivity index (χ2n) is 2.99. The summed E-state index contributed by atoms with van der Waals surface area (Å²) in [6, 6.07) is 2.07. The summed E-state index contributed by atoms with van der Waals surface area (Å²) in [7, 11) is 0. The van der Waals surface area contributed by atoms with E-state index >= 15 is 0 Å². The summed E-state index contributed by atoms with van der Waals surface area (Å²) in [5.74, 6) is -1.14. The van der Waals surface area contributed by atoms with Gasteiger partial charge < -0.3 is 15.9 Å². The van der Waals surface area contributed by atoms with Gasteiger partial charge in [0.1, 0.15) is 6.10 Å². The number of nitro groups is 1. The number of hydrogen-bond donors (Lipinski definition) is 3. The number of primary amides is 1. The Bertz CT molecular complexity index is 422. The quantitative estimate of drug-likeness (QED) is 0.439. The van der Waals surface area contributed by atoms with Crippen LogP contribution in [0, 0.1) is 10.1 Å². The van der Waals surface area contributed by atoms with Crippen molar-refractivity contribution in [2.45, 2.75) is 12.2 Å². The van der Waals surface area contributed by atoms with Crippen molar-refractivity contribution in [3.63, 3.8) is 0 Å². The number of aliphatic hydroxyl groups is 2. The number of pyridine rings is 1. The number of hydrogen-bond acceptors (Lipinski definition) is 6. The van der Waals surface area contributed by atoms with Crippen molar-refractivity contribution in [1.82, 2.24) is 4.98 Å². The zero-order chi connectivity index (χ0) is 12.3. The smallest absolute Gasteiger partial charge is 0.272 e. The van der Waals surface area contributed by atoms with E-state index in [0.717, 1.165) is 18.3 Å². The van der Waals surface area contributed by atoms with Crippen LogP contribution < -0.4 is 5.73 Å². The van der Waals surface area contributed by atoms with Crippen LogP contribution in [0.2, 0.25) is 0 Å². The van der Waals surface area contributed by atoms with Gasteiger partial charge in [0.25, 0.3) is 5.69 Å². The molecule has 0 aromatic carbocycles. The zero-order valence-electron chi connectivity index (χ0n) is 7.98. The number of carbonyl (C=O) groups excluding carboxylic acids is 1. The van der Waals surface area contributed by atoms with Crippen molar-refractivity contribution in [2.24, 2.45) is 5.73 Å². The predicted molar refractivity (Wildman–Crippen MR) is 51.1 cm³/mol. The molecule has 0 bridgehead atoms. The van der Waals surface area contributed by atoms with E-state index in [9.17, 15) is 20.0 Å². The number of nitrogens with zero attached hydrogens (tertiary/aromatic N) is 2. The van der Waals surface area contributed by atoms with E-state index in [0.29, 0.717) is 0 Å². The Morgan fingerprint density at radius 2 is 2.19 bits per heavy atom. The molecule has 8 heteroatoms. The van der Waals surface area contributed by atoms with Crippen molar-refractivity contribution >= 4 is 11.6 Å². The van der Waals surface area contributed by atoms with Crippen molar-refractivity contribution in [3.05, 3.63) is 34.1 Å². The molecule has 0 aliphatic carbocycles. The fourth-order valence-corrected chi connectivity index (χ4v) is 1.03. The van der Waals surface area contributed by atoms with E-state index in [1.54, 1.807) is 0 Å². The van der Waals surface area contributed by atoms with Crippen LogP contribution in [0.1, 0.15) is 11.8 Å². The molecule has 0 saturated heterocycles. The van der Waals surface area contributed by atoms with Crippen LogP contribution in [0.5, 0.6) is 0 Å². The van der Waals surface area contributed by atoms with Crippen molar-refractivity contribution in [3.8, 4) is 0 Å². The zero-order valence-corrected chi connectivity index (χ0v) is 7.98. The standard InChI is InChI=1S/C8H9N3O5/c9-8(14)7(13)6(12)5-3-4(11(15)16)1-2-10-5/h1-3,6-7,12-13H,(H2,9,14). The predicted octanol–water partition coefficient (Wildman–Crippen LogP) is -1.13. The Kier molecular flexibility index (Phi) is 3.48. The molecule has 0 saturated carbocycles. The normalized spacial score (nSPS) is 14.1. The summed E-state index contributed by atoms with van der Waals surface area (Å²) in [5, 5.41) is 29.0. The molecule has 1 aromatic rings. The van der Waals surface area contributed by atoms with E-state index in [1.807, 2.05) is 0 Å². The van der Waals surface area contributed by atoms with Crippen LogP contribution in [0.3, 0.4) is 0 Å². The number of rotatable bonds is 4. The number of nitrogens with two attached hydrogens (primary N) is 1. The van der Waals surface area contributed by atoms with E-state index < -0.39 is 23.0 Å². The second-order valence-corrected chi connectivity index (χ2v) is 2.99. The highest BCUT2D eigenvalue weighted by Gasteiger charge is 2.25. The monoisotopic (exact) mass is 227 g/mol. The molecule has 8 nitrogen and oxygen atoms in total. The first-order valence-corrected chi connectivity index (χ1v) is 4.19. The maximum absolute atomic E-state index is 10.6. The van der Waals surface area contributed by atoms with Gasteiger partial charge in [-0.25, -0.2) is 0 Å². The molecule has 86 valence electrons. The van der Waals surface area contributed by atoms with Gasteiger partial charge in [0, 0.05) is 18.3 Å². The Balaban J connectivity index is 3.00. The third kappa shape index (κ3) is 2.49. The van der Waals surface area contributed by atoms with Gasteiger partial charge in [0.05, 0.1) is 10.6 Å². The lowest BCUT2D eigenvalue weighted by molar-refractivity contribution is -0.385. The Hall–Kier alpha value is -2.06. The van der Waals surface area contributed by atoms with Crippen LogP contribution in [-0.4, -0.2) is 32.1 Å². The minimum atomic E-state index is -1.85. The molecule has 16 heavy (non-hydrogen) atoms. The molecule has 0 radical (unpaired) electrons. The number of aliphatic hydroxyl groups excluding tert-OH is 2. The highest BCUT2D eigenvalue weighted by atomic mass is 16.6. The molecule has 1 rings (SSSR count). The van der Waals surface area contributed by atoms with Gasteiger partial charge >= 0.3 is 0 Å². The highest BCUT2D eigenvalue weighted by molar-refractivity contribution is 5.79. The molecule has 0 fully saturated rings. The van der Waals surface area contributed by atoms with Crippen LogP contribution in [0.25, 0.3) is 0 Å². The van der Waals surface area contributed by atoms with Gasteiger partial charge in [-0.1, -0.05) is 0 Å². The van der Waals surface area contributed by atoms with Gasteiger partial charge in [-0.3, -0.25) is 19.9 Å². The van der Waals surface area contributed by atoms with Crippen LogP contribution in [0.15, 0.2) is 18.3 Å². The molecular weight excluding hydrogens is 218 g/mol. The summed E-state index contributed by atoms with van der Waals surface area (Å²) < 4.78 is 0. The molecule has 2 unspecified atom stereocenters. The average Bonchev–Trinajstić information content (AvgIpc) is 2.27. The van der Waals surface area contributed by atoms with Gasteiger partial charge in [-0.05, 0) is 0 Å². The first-order valence-electron chi connectivity index (χ1n) is 4.19. The molecule has 1 heterocycles. The average molecular weight is 227 g/mol. The lowest BCUT2D eigenvalue weighted by Gasteiger charge is -2.13. The van der Waals surface area contributed by atoms with Gasteiger partial charge in [0.15, 0.2) is 6.10 Å². The third-order valence-corrected chi connectivity index (χ3v) is 1.87. The Morgan fingerprint density at radius 3 is 2.69 bits per heavy atom. The lowest BCUT2D eigenvalue weighted by Crippen LogP contribution is -2.34. The number of amides is 1. The Labute approximate surface area is 89.5 Å². The van der Waals surface area contributed by atoms with Gasteiger partial charge in [-0.2, -0.15) is 0 Å². The van der Waals surface area contributed by atoms with Crippen molar-refractivity contribution in [2.75, 3.05) is 0 Å². The molecule has 0 aliphatic rings. The molecule has 2 atom stereocenters. The fourth-order valence-electron chi connectivity index (χ4n) is 1.03. The molecule has 0 aliphatic heterocycles. The first kappa shape index (κ1) is 12.0. The topological polar surface area (TPSA) is 140 Å². The summed E-state index contributed by atoms with van der Waals surface area (Å²) in [5.41, 5.74) is 4.26. The molecule has 4 N–H and O–H groups in total. The van der Waals surface area contributed by atoms with E-state index in [2.05, 4.69) is 4.98 Å². The van der Waals surface area contributed by atoms with E-state index in [-0.39, 0.29) is 11.4 Å². The molecule has 0 spiro atoms.